The van der Waals surface area contributed by atoms with Crippen LogP contribution in [0.4, 0.5) is 0 Å². The molecule has 2 bridgehead atoms. The van der Waals surface area contributed by atoms with Crippen molar-refractivity contribution in [3.05, 3.63) is 60.3 Å². The van der Waals surface area contributed by atoms with E-state index in [9.17, 15) is 9.90 Å². The van der Waals surface area contributed by atoms with Gasteiger partial charge in [-0.25, -0.2) is 0 Å². The summed E-state index contributed by atoms with van der Waals surface area (Å²) in [6, 6.07) is 0.00754. The highest BCUT2D eigenvalue weighted by Gasteiger charge is 2.44. The summed E-state index contributed by atoms with van der Waals surface area (Å²) in [6.07, 6.45) is 21.4. The number of rotatable bonds is 3. The molecule has 2 N–H and O–H groups in total. The van der Waals surface area contributed by atoms with Gasteiger partial charge in [0.05, 0.1) is 31.0 Å². The lowest BCUT2D eigenvalue weighted by atomic mass is 9.90. The van der Waals surface area contributed by atoms with Gasteiger partial charge in [0.15, 0.2) is 0 Å². The van der Waals surface area contributed by atoms with E-state index >= 15 is 0 Å². The van der Waals surface area contributed by atoms with Crippen molar-refractivity contribution in [1.82, 2.24) is 5.32 Å². The van der Waals surface area contributed by atoms with Crippen LogP contribution in [0.2, 0.25) is 0 Å². The number of aliphatic hydroxyl groups excluding tert-OH is 1. The number of amides is 1. The third kappa shape index (κ3) is 8.80. The van der Waals surface area contributed by atoms with Gasteiger partial charge in [-0.2, -0.15) is 0 Å². The smallest absolute Gasteiger partial charge is 0.243 e. The molecule has 5 nitrogen and oxygen atoms in total. The van der Waals surface area contributed by atoms with E-state index in [0.29, 0.717) is 37.2 Å². The molecule has 1 saturated carbocycles. The molecule has 1 aliphatic carbocycles. The Morgan fingerprint density at radius 1 is 1.16 bits per heavy atom. The van der Waals surface area contributed by atoms with Crippen molar-refractivity contribution in [3.8, 4) is 0 Å². The highest BCUT2D eigenvalue weighted by Crippen LogP contribution is 2.47. The van der Waals surface area contributed by atoms with Gasteiger partial charge in [0.1, 0.15) is 0 Å². The number of carbonyl (C=O) groups excluding carboxylic acids is 1. The molecule has 5 heteroatoms. The Kier molecular flexibility index (Phi) is 10.0. The molecule has 0 aromatic rings. The lowest BCUT2D eigenvalue weighted by Gasteiger charge is -2.28. The standard InChI is InChI=1S/C32H47NO4/c1-21-13-14-36-27(16-21)12-11-24(4)30-20-25-19-29(25)31(34)18-23(3)15-22(2)17-28-9-5-7-26(37-28)8-6-10-32(35)33-30/h5-7,10-13,22,24-31,34H,3,8-9,14-20H2,1-2,4H3,(H,33,35)/b10-6-,12-11+/t22-,24-,25-,26-,27+,28-,29+,30-,31-/m0/s1. The molecule has 0 unspecified atom stereocenters. The summed E-state index contributed by atoms with van der Waals surface area (Å²) in [4.78, 5) is 12.9. The Hall–Kier alpha value is -1.95. The van der Waals surface area contributed by atoms with E-state index < -0.39 is 0 Å². The molecule has 0 aromatic heterocycles. The average Bonchev–Trinajstić information content (AvgIpc) is 3.61. The van der Waals surface area contributed by atoms with E-state index in [2.05, 4.69) is 63.0 Å². The number of ether oxygens (including phenoxy) is 2. The Labute approximate surface area is 223 Å². The maximum Gasteiger partial charge on any atom is 0.243 e. The summed E-state index contributed by atoms with van der Waals surface area (Å²) >= 11 is 0. The third-order valence-electron chi connectivity index (χ3n) is 8.44. The van der Waals surface area contributed by atoms with Crippen LogP contribution in [0, 0.1) is 23.7 Å². The number of fused-ring (bicyclic) bond motifs is 3. The highest BCUT2D eigenvalue weighted by molar-refractivity contribution is 5.87. The van der Waals surface area contributed by atoms with Crippen LogP contribution in [0.5, 0.6) is 0 Å². The van der Waals surface area contributed by atoms with Gasteiger partial charge in [-0.3, -0.25) is 4.79 Å². The summed E-state index contributed by atoms with van der Waals surface area (Å²) in [5.41, 5.74) is 2.49. The lowest BCUT2D eigenvalue weighted by molar-refractivity contribution is -0.117. The van der Waals surface area contributed by atoms with Crippen LogP contribution in [0.1, 0.15) is 72.1 Å². The summed E-state index contributed by atoms with van der Waals surface area (Å²) in [7, 11) is 0. The number of carbonyl (C=O) groups is 1. The third-order valence-corrected chi connectivity index (χ3v) is 8.44. The molecule has 1 amide bonds. The van der Waals surface area contributed by atoms with E-state index in [-0.39, 0.29) is 42.3 Å². The van der Waals surface area contributed by atoms with E-state index in [4.69, 9.17) is 9.47 Å². The van der Waals surface area contributed by atoms with Gasteiger partial charge >= 0.3 is 0 Å². The number of nitrogens with one attached hydrogen (secondary N) is 1. The molecule has 0 saturated heterocycles. The first kappa shape index (κ1) is 28.1. The van der Waals surface area contributed by atoms with Gasteiger partial charge in [-0.15, -0.1) is 0 Å². The first-order valence-electron chi connectivity index (χ1n) is 14.4. The SMILES string of the molecule is C=C1C[C@H](C)C[C@@H]2CC=C[C@@H](C/C=C\C(=O)N[C@H]([C@@H](C)/C=C/[C@@H]3CC(C)=CCO3)C[C@@H]3C[C@H]3[C@@H](O)C1)O2. The second-order valence-corrected chi connectivity index (χ2v) is 12.0. The van der Waals surface area contributed by atoms with E-state index in [1.165, 1.54) is 5.57 Å². The molecule has 37 heavy (non-hydrogen) atoms. The van der Waals surface area contributed by atoms with E-state index in [1.807, 2.05) is 6.08 Å². The van der Waals surface area contributed by atoms with Gasteiger partial charge in [0, 0.05) is 6.04 Å². The van der Waals surface area contributed by atoms with Crippen LogP contribution in [-0.2, 0) is 14.3 Å². The molecule has 3 heterocycles. The fraction of sp³-hybridized carbons (Fsp3) is 0.656. The van der Waals surface area contributed by atoms with Crippen molar-refractivity contribution >= 4 is 5.91 Å². The van der Waals surface area contributed by atoms with Gasteiger partial charge in [-0.1, -0.05) is 68.0 Å². The van der Waals surface area contributed by atoms with Crippen LogP contribution in [-0.4, -0.2) is 48.1 Å². The summed E-state index contributed by atoms with van der Waals surface area (Å²) in [5.74, 6) is 1.29. The van der Waals surface area contributed by atoms with Crippen molar-refractivity contribution < 1.29 is 19.4 Å². The monoisotopic (exact) mass is 509 g/mol. The molecule has 4 rings (SSSR count). The van der Waals surface area contributed by atoms with Crippen molar-refractivity contribution in [2.45, 2.75) is 103 Å². The van der Waals surface area contributed by atoms with Gasteiger partial charge in [0.2, 0.25) is 5.91 Å². The molecule has 9 atom stereocenters. The van der Waals surface area contributed by atoms with Crippen LogP contribution in [0.25, 0.3) is 0 Å². The molecule has 0 radical (unpaired) electrons. The molecule has 1 fully saturated rings. The second-order valence-electron chi connectivity index (χ2n) is 12.0. The Bertz CT molecular complexity index is 918. The van der Waals surface area contributed by atoms with E-state index in [0.717, 1.165) is 44.1 Å². The van der Waals surface area contributed by atoms with Crippen LogP contribution in [0.15, 0.2) is 60.3 Å². The largest absolute Gasteiger partial charge is 0.392 e. The van der Waals surface area contributed by atoms with Crippen molar-refractivity contribution in [1.29, 1.82) is 0 Å². The van der Waals surface area contributed by atoms with Gasteiger partial charge < -0.3 is 19.9 Å². The predicted octanol–water partition coefficient (Wildman–Crippen LogP) is 5.82. The zero-order chi connectivity index (χ0) is 26.4. The van der Waals surface area contributed by atoms with Crippen LogP contribution >= 0.6 is 0 Å². The summed E-state index contributed by atoms with van der Waals surface area (Å²) in [5, 5.41) is 14.2. The fourth-order valence-corrected chi connectivity index (χ4v) is 6.19. The fourth-order valence-electron chi connectivity index (χ4n) is 6.19. The molecule has 0 spiro atoms. The van der Waals surface area contributed by atoms with Crippen molar-refractivity contribution in [2.75, 3.05) is 6.61 Å². The van der Waals surface area contributed by atoms with Gasteiger partial charge in [0.25, 0.3) is 0 Å². The predicted molar refractivity (Wildman–Crippen MR) is 149 cm³/mol. The number of aliphatic hydroxyl groups is 1. The summed E-state index contributed by atoms with van der Waals surface area (Å²) in [6.45, 7) is 11.5. The van der Waals surface area contributed by atoms with Gasteiger partial charge in [-0.05, 0) is 88.0 Å². The Morgan fingerprint density at radius 2 is 2.00 bits per heavy atom. The molecule has 4 aliphatic rings. The first-order chi connectivity index (χ1) is 17.8. The van der Waals surface area contributed by atoms with Crippen molar-refractivity contribution in [3.63, 3.8) is 0 Å². The second kappa shape index (κ2) is 13.2. The van der Waals surface area contributed by atoms with Crippen molar-refractivity contribution in [2.24, 2.45) is 23.7 Å². The average molecular weight is 510 g/mol. The Morgan fingerprint density at radius 3 is 2.81 bits per heavy atom. The maximum atomic E-state index is 12.9. The summed E-state index contributed by atoms with van der Waals surface area (Å²) < 4.78 is 12.2. The molecular formula is C32H47NO4. The molecular weight excluding hydrogens is 462 g/mol. The quantitative estimate of drug-likeness (QED) is 0.470. The molecule has 0 aromatic carbocycles. The maximum absolute atomic E-state index is 12.9. The van der Waals surface area contributed by atoms with E-state index in [1.54, 1.807) is 6.08 Å². The minimum absolute atomic E-state index is 0.00754. The molecule has 3 aliphatic heterocycles. The number of hydrogen-bond donors (Lipinski definition) is 2. The highest BCUT2D eigenvalue weighted by atomic mass is 16.5. The topological polar surface area (TPSA) is 67.8 Å². The minimum Gasteiger partial charge on any atom is -0.392 e. The lowest BCUT2D eigenvalue weighted by Crippen LogP contribution is -2.39. The zero-order valence-electron chi connectivity index (χ0n) is 23.0. The molecule has 204 valence electrons. The zero-order valence-corrected chi connectivity index (χ0v) is 23.0. The Balaban J connectivity index is 1.44. The van der Waals surface area contributed by atoms with Crippen LogP contribution in [0.3, 0.4) is 0 Å². The number of hydrogen-bond acceptors (Lipinski definition) is 4. The minimum atomic E-state index is -0.352. The first-order valence-corrected chi connectivity index (χ1v) is 14.4. The normalized spacial score (nSPS) is 39.6. The van der Waals surface area contributed by atoms with Crippen LogP contribution < -0.4 is 5.32 Å².